The van der Waals surface area contributed by atoms with Gasteiger partial charge in [-0.15, -0.1) is 0 Å². The van der Waals surface area contributed by atoms with E-state index < -0.39 is 0 Å². The summed E-state index contributed by atoms with van der Waals surface area (Å²) in [6.45, 7) is 3.45. The Bertz CT molecular complexity index is 453. The van der Waals surface area contributed by atoms with Crippen LogP contribution in [-0.4, -0.2) is 70.3 Å². The predicted molar refractivity (Wildman–Crippen MR) is 88.1 cm³/mol. The Morgan fingerprint density at radius 1 is 1.45 bits per heavy atom. The van der Waals surface area contributed by atoms with E-state index in [1.165, 1.54) is 0 Å². The molecule has 2 rings (SSSR count). The summed E-state index contributed by atoms with van der Waals surface area (Å²) >= 11 is 0. The van der Waals surface area contributed by atoms with E-state index in [9.17, 15) is 0 Å². The average Bonchev–Trinajstić information content (AvgIpc) is 3.16. The molecule has 2 atom stereocenters. The fourth-order valence-electron chi connectivity index (χ4n) is 2.79. The molecule has 1 N–H and O–H groups in total. The van der Waals surface area contributed by atoms with Crippen molar-refractivity contribution in [3.63, 3.8) is 0 Å². The summed E-state index contributed by atoms with van der Waals surface area (Å²) in [5, 5.41) is 3.45. The summed E-state index contributed by atoms with van der Waals surface area (Å²) in [5.41, 5.74) is 0. The number of guanidine groups is 1. The Morgan fingerprint density at radius 2 is 2.27 bits per heavy atom. The van der Waals surface area contributed by atoms with Crippen LogP contribution >= 0.6 is 0 Å². The summed E-state index contributed by atoms with van der Waals surface area (Å²) < 4.78 is 11.0. The van der Waals surface area contributed by atoms with E-state index in [4.69, 9.17) is 9.15 Å². The number of aliphatic imine (C=N–C) groups is 1. The van der Waals surface area contributed by atoms with Gasteiger partial charge in [-0.2, -0.15) is 0 Å². The lowest BCUT2D eigenvalue weighted by atomic mass is 10.1. The Hall–Kier alpha value is -1.53. The number of likely N-dealkylation sites (N-methyl/N-ethyl adjacent to an activating group) is 1. The summed E-state index contributed by atoms with van der Waals surface area (Å²) in [5.74, 6) is 2.46. The Balaban J connectivity index is 1.88. The number of nitrogens with zero attached hydrogens (tertiary/aromatic N) is 3. The SMILES string of the molecule is CN=C(NCC(c1ccco1)N(C)C)N(C)CC1CCOC1. The quantitative estimate of drug-likeness (QED) is 0.636. The fourth-order valence-corrected chi connectivity index (χ4v) is 2.79. The molecule has 0 saturated carbocycles. The Kier molecular flexibility index (Phi) is 6.27. The minimum Gasteiger partial charge on any atom is -0.468 e. The number of hydrogen-bond acceptors (Lipinski definition) is 4. The molecule has 1 aliphatic rings. The van der Waals surface area contributed by atoms with Crippen molar-refractivity contribution in [3.8, 4) is 0 Å². The fraction of sp³-hybridized carbons (Fsp3) is 0.688. The molecule has 0 bridgehead atoms. The van der Waals surface area contributed by atoms with Crippen molar-refractivity contribution in [2.45, 2.75) is 12.5 Å². The predicted octanol–water partition coefficient (Wildman–Crippen LogP) is 1.43. The molecule has 0 radical (unpaired) electrons. The largest absolute Gasteiger partial charge is 0.468 e. The van der Waals surface area contributed by atoms with Gasteiger partial charge in [0.25, 0.3) is 0 Å². The van der Waals surface area contributed by atoms with Crippen LogP contribution in [0.1, 0.15) is 18.2 Å². The molecule has 6 nitrogen and oxygen atoms in total. The maximum Gasteiger partial charge on any atom is 0.193 e. The van der Waals surface area contributed by atoms with Crippen LogP contribution in [0.2, 0.25) is 0 Å². The molecule has 2 unspecified atom stereocenters. The van der Waals surface area contributed by atoms with Gasteiger partial charge in [0.15, 0.2) is 5.96 Å². The smallest absolute Gasteiger partial charge is 0.193 e. The van der Waals surface area contributed by atoms with Crippen LogP contribution in [0.4, 0.5) is 0 Å². The molecule has 1 fully saturated rings. The molecule has 2 heterocycles. The van der Waals surface area contributed by atoms with Gasteiger partial charge in [0.05, 0.1) is 18.9 Å². The van der Waals surface area contributed by atoms with Crippen LogP contribution in [0, 0.1) is 5.92 Å². The topological polar surface area (TPSA) is 53.2 Å². The molecule has 124 valence electrons. The van der Waals surface area contributed by atoms with Gasteiger partial charge in [-0.3, -0.25) is 9.89 Å². The van der Waals surface area contributed by atoms with E-state index in [2.05, 4.69) is 41.3 Å². The second kappa shape index (κ2) is 8.19. The second-order valence-corrected chi connectivity index (χ2v) is 6.03. The molecule has 0 spiro atoms. The number of furan rings is 1. The number of ether oxygens (including phenoxy) is 1. The van der Waals surface area contributed by atoms with Crippen molar-refractivity contribution >= 4 is 5.96 Å². The Morgan fingerprint density at radius 3 is 2.82 bits per heavy atom. The van der Waals surface area contributed by atoms with Crippen molar-refractivity contribution in [2.75, 3.05) is 54.5 Å². The molecule has 1 saturated heterocycles. The molecule has 0 aliphatic carbocycles. The average molecular weight is 308 g/mol. The number of hydrogen-bond donors (Lipinski definition) is 1. The van der Waals surface area contributed by atoms with Gasteiger partial charge in [-0.1, -0.05) is 0 Å². The molecule has 1 aliphatic heterocycles. The second-order valence-electron chi connectivity index (χ2n) is 6.03. The molecular formula is C16H28N4O2. The van der Waals surface area contributed by atoms with Crippen molar-refractivity contribution in [2.24, 2.45) is 10.9 Å². The minimum atomic E-state index is 0.176. The Labute approximate surface area is 133 Å². The van der Waals surface area contributed by atoms with E-state index in [0.29, 0.717) is 5.92 Å². The number of rotatable bonds is 6. The summed E-state index contributed by atoms with van der Waals surface area (Å²) in [6.07, 6.45) is 2.85. The van der Waals surface area contributed by atoms with Crippen molar-refractivity contribution < 1.29 is 9.15 Å². The first-order valence-electron chi connectivity index (χ1n) is 7.81. The van der Waals surface area contributed by atoms with Gasteiger partial charge in [0.1, 0.15) is 5.76 Å². The van der Waals surface area contributed by atoms with E-state index >= 15 is 0 Å². The first kappa shape index (κ1) is 16.8. The maximum absolute atomic E-state index is 5.54. The zero-order valence-corrected chi connectivity index (χ0v) is 14.1. The standard InChI is InChI=1S/C16H28N4O2/c1-17-16(20(4)11-13-7-9-21-12-13)18-10-14(19(2)3)15-6-5-8-22-15/h5-6,8,13-14H,7,9-12H2,1-4H3,(H,17,18). The minimum absolute atomic E-state index is 0.176. The van der Waals surface area contributed by atoms with Crippen LogP contribution < -0.4 is 5.32 Å². The van der Waals surface area contributed by atoms with Crippen LogP contribution in [0.5, 0.6) is 0 Å². The van der Waals surface area contributed by atoms with E-state index in [-0.39, 0.29) is 6.04 Å². The monoisotopic (exact) mass is 308 g/mol. The highest BCUT2D eigenvalue weighted by Crippen LogP contribution is 2.18. The van der Waals surface area contributed by atoms with Gasteiger partial charge in [0, 0.05) is 39.7 Å². The van der Waals surface area contributed by atoms with Crippen LogP contribution in [-0.2, 0) is 4.74 Å². The first-order chi connectivity index (χ1) is 10.6. The van der Waals surface area contributed by atoms with Gasteiger partial charge in [-0.25, -0.2) is 0 Å². The highest BCUT2D eigenvalue weighted by Gasteiger charge is 2.21. The zero-order chi connectivity index (χ0) is 15.9. The lowest BCUT2D eigenvalue weighted by Gasteiger charge is -2.28. The molecule has 0 amide bonds. The van der Waals surface area contributed by atoms with Crippen LogP contribution in [0.3, 0.4) is 0 Å². The van der Waals surface area contributed by atoms with Crippen LogP contribution in [0.25, 0.3) is 0 Å². The molecule has 22 heavy (non-hydrogen) atoms. The molecule has 1 aromatic rings. The summed E-state index contributed by atoms with van der Waals surface area (Å²) in [6, 6.07) is 4.11. The lowest BCUT2D eigenvalue weighted by Crippen LogP contribution is -2.44. The van der Waals surface area contributed by atoms with E-state index in [1.54, 1.807) is 6.26 Å². The molecular weight excluding hydrogens is 280 g/mol. The highest BCUT2D eigenvalue weighted by molar-refractivity contribution is 5.79. The maximum atomic E-state index is 5.54. The van der Waals surface area contributed by atoms with Crippen molar-refractivity contribution in [3.05, 3.63) is 24.2 Å². The van der Waals surface area contributed by atoms with Gasteiger partial charge in [-0.05, 0) is 32.6 Å². The third-order valence-corrected chi connectivity index (χ3v) is 4.08. The molecule has 6 heteroatoms. The first-order valence-corrected chi connectivity index (χ1v) is 7.81. The molecule has 1 aromatic heterocycles. The third-order valence-electron chi connectivity index (χ3n) is 4.08. The van der Waals surface area contributed by atoms with Crippen LogP contribution in [0.15, 0.2) is 27.8 Å². The van der Waals surface area contributed by atoms with E-state index in [1.807, 2.05) is 19.2 Å². The van der Waals surface area contributed by atoms with E-state index in [0.717, 1.165) is 44.4 Å². The summed E-state index contributed by atoms with van der Waals surface area (Å²) in [4.78, 5) is 8.70. The van der Waals surface area contributed by atoms with Crippen molar-refractivity contribution in [1.82, 2.24) is 15.1 Å². The normalized spacial score (nSPS) is 20.4. The van der Waals surface area contributed by atoms with Gasteiger partial charge in [0.2, 0.25) is 0 Å². The third kappa shape index (κ3) is 4.48. The van der Waals surface area contributed by atoms with Gasteiger partial charge >= 0.3 is 0 Å². The zero-order valence-electron chi connectivity index (χ0n) is 14.1. The molecule has 0 aromatic carbocycles. The summed E-state index contributed by atoms with van der Waals surface area (Å²) in [7, 11) is 8.00. The van der Waals surface area contributed by atoms with Gasteiger partial charge < -0.3 is 19.4 Å². The lowest BCUT2D eigenvalue weighted by molar-refractivity contribution is 0.181. The number of nitrogens with one attached hydrogen (secondary N) is 1. The highest BCUT2D eigenvalue weighted by atomic mass is 16.5. The van der Waals surface area contributed by atoms with Crippen molar-refractivity contribution in [1.29, 1.82) is 0 Å².